The number of anilines is 1. The van der Waals surface area contributed by atoms with Gasteiger partial charge in [0.15, 0.2) is 0 Å². The summed E-state index contributed by atoms with van der Waals surface area (Å²) in [4.78, 5) is 36.7. The van der Waals surface area contributed by atoms with E-state index in [2.05, 4.69) is 16.0 Å². The molecule has 3 N–H and O–H groups in total. The van der Waals surface area contributed by atoms with Crippen LogP contribution >= 0.6 is 23.2 Å². The first-order valence-electron chi connectivity index (χ1n) is 8.35. The highest BCUT2D eigenvalue weighted by Gasteiger charge is 2.29. The molecule has 1 aliphatic rings. The van der Waals surface area contributed by atoms with Crippen LogP contribution in [0.15, 0.2) is 42.5 Å². The lowest BCUT2D eigenvalue weighted by Crippen LogP contribution is -2.44. The summed E-state index contributed by atoms with van der Waals surface area (Å²) in [6.45, 7) is 0.350. The quantitative estimate of drug-likeness (QED) is 0.714. The number of carbonyl (C=O) groups is 3. The van der Waals surface area contributed by atoms with Gasteiger partial charge in [-0.2, -0.15) is 0 Å². The zero-order chi connectivity index (χ0) is 19.4. The number of hydrogen-bond donors (Lipinski definition) is 3. The molecule has 0 bridgehead atoms. The van der Waals surface area contributed by atoms with Crippen LogP contribution in [0, 0.1) is 0 Å². The SMILES string of the molecule is O=C(CC1NC(=O)c2ccccc2NC1=O)NCCc1ccc(Cl)cc1Cl. The fourth-order valence-electron chi connectivity index (χ4n) is 2.77. The van der Waals surface area contributed by atoms with Crippen LogP contribution in [0.1, 0.15) is 22.3 Å². The summed E-state index contributed by atoms with van der Waals surface area (Å²) in [5.74, 6) is -1.16. The monoisotopic (exact) mass is 405 g/mol. The number of nitrogens with one attached hydrogen (secondary N) is 3. The Kier molecular flexibility index (Phi) is 5.98. The molecule has 1 aliphatic heterocycles. The molecule has 27 heavy (non-hydrogen) atoms. The van der Waals surface area contributed by atoms with Gasteiger partial charge in [0.2, 0.25) is 11.8 Å². The molecule has 1 atom stereocenters. The molecule has 3 rings (SSSR count). The van der Waals surface area contributed by atoms with Gasteiger partial charge in [-0.05, 0) is 36.2 Å². The molecule has 8 heteroatoms. The van der Waals surface area contributed by atoms with E-state index in [0.29, 0.717) is 34.3 Å². The second-order valence-electron chi connectivity index (χ2n) is 6.10. The number of para-hydroxylation sites is 1. The number of benzene rings is 2. The molecule has 3 amide bonds. The van der Waals surface area contributed by atoms with Crippen LogP contribution in [0.5, 0.6) is 0 Å². The molecule has 140 valence electrons. The lowest BCUT2D eigenvalue weighted by Gasteiger charge is -2.14. The minimum atomic E-state index is -0.941. The van der Waals surface area contributed by atoms with E-state index in [9.17, 15) is 14.4 Å². The van der Waals surface area contributed by atoms with Gasteiger partial charge >= 0.3 is 0 Å². The van der Waals surface area contributed by atoms with Crippen molar-refractivity contribution in [3.05, 3.63) is 63.6 Å². The Hall–Kier alpha value is -2.57. The van der Waals surface area contributed by atoms with E-state index in [0.717, 1.165) is 5.56 Å². The first-order chi connectivity index (χ1) is 12.9. The van der Waals surface area contributed by atoms with Gasteiger partial charge in [-0.3, -0.25) is 14.4 Å². The van der Waals surface area contributed by atoms with Crippen molar-refractivity contribution in [2.45, 2.75) is 18.9 Å². The van der Waals surface area contributed by atoms with E-state index in [4.69, 9.17) is 23.2 Å². The minimum absolute atomic E-state index is 0.153. The lowest BCUT2D eigenvalue weighted by atomic mass is 10.1. The van der Waals surface area contributed by atoms with Crippen LogP contribution in [0.4, 0.5) is 5.69 Å². The van der Waals surface area contributed by atoms with E-state index in [-0.39, 0.29) is 12.3 Å². The Balaban J connectivity index is 1.55. The third-order valence-electron chi connectivity index (χ3n) is 4.17. The number of hydrogen-bond acceptors (Lipinski definition) is 3. The van der Waals surface area contributed by atoms with Crippen molar-refractivity contribution in [2.24, 2.45) is 0 Å². The molecule has 0 aliphatic carbocycles. The molecule has 0 aromatic heterocycles. The zero-order valence-corrected chi connectivity index (χ0v) is 15.7. The maximum Gasteiger partial charge on any atom is 0.254 e. The van der Waals surface area contributed by atoms with Crippen LogP contribution in [-0.2, 0) is 16.0 Å². The molecule has 0 spiro atoms. The van der Waals surface area contributed by atoms with E-state index in [1.807, 2.05) is 0 Å². The Morgan fingerprint density at radius 3 is 2.67 bits per heavy atom. The topological polar surface area (TPSA) is 87.3 Å². The third kappa shape index (κ3) is 4.78. The minimum Gasteiger partial charge on any atom is -0.356 e. The number of rotatable bonds is 5. The van der Waals surface area contributed by atoms with Crippen LogP contribution in [0.25, 0.3) is 0 Å². The molecule has 1 unspecified atom stereocenters. The van der Waals surface area contributed by atoms with Crippen LogP contribution in [0.2, 0.25) is 10.0 Å². The summed E-state index contributed by atoms with van der Waals surface area (Å²) < 4.78 is 0. The molecule has 6 nitrogen and oxygen atoms in total. The first kappa shape index (κ1) is 19.2. The standard InChI is InChI=1S/C19H17Cl2N3O3/c20-12-6-5-11(14(21)9-12)7-8-22-17(25)10-16-19(27)23-15-4-2-1-3-13(15)18(26)24-16/h1-6,9,16H,7-8,10H2,(H,22,25)(H,23,27)(H,24,26). The Bertz CT molecular complexity index is 902. The van der Waals surface area contributed by atoms with Crippen molar-refractivity contribution in [1.82, 2.24) is 10.6 Å². The average molecular weight is 406 g/mol. The lowest BCUT2D eigenvalue weighted by molar-refractivity contribution is -0.125. The fraction of sp³-hybridized carbons (Fsp3) is 0.211. The van der Waals surface area contributed by atoms with Crippen molar-refractivity contribution in [3.63, 3.8) is 0 Å². The number of carbonyl (C=O) groups excluding carboxylic acids is 3. The van der Waals surface area contributed by atoms with Gasteiger partial charge in [-0.25, -0.2) is 0 Å². The molecule has 0 saturated carbocycles. The molecular formula is C19H17Cl2N3O3. The molecular weight excluding hydrogens is 389 g/mol. The highest BCUT2D eigenvalue weighted by molar-refractivity contribution is 6.35. The van der Waals surface area contributed by atoms with E-state index >= 15 is 0 Å². The van der Waals surface area contributed by atoms with Crippen molar-refractivity contribution in [1.29, 1.82) is 0 Å². The maximum absolute atomic E-state index is 12.3. The van der Waals surface area contributed by atoms with Gasteiger partial charge in [0.25, 0.3) is 5.91 Å². The van der Waals surface area contributed by atoms with Gasteiger partial charge in [0, 0.05) is 16.6 Å². The van der Waals surface area contributed by atoms with E-state index in [1.165, 1.54) is 0 Å². The molecule has 0 saturated heterocycles. The van der Waals surface area contributed by atoms with Crippen LogP contribution in [-0.4, -0.2) is 30.3 Å². The smallest absolute Gasteiger partial charge is 0.254 e. The van der Waals surface area contributed by atoms with E-state index < -0.39 is 17.9 Å². The zero-order valence-electron chi connectivity index (χ0n) is 14.2. The molecule has 2 aromatic carbocycles. The highest BCUT2D eigenvalue weighted by atomic mass is 35.5. The van der Waals surface area contributed by atoms with Crippen molar-refractivity contribution in [2.75, 3.05) is 11.9 Å². The predicted molar refractivity (Wildman–Crippen MR) is 104 cm³/mol. The second-order valence-corrected chi connectivity index (χ2v) is 6.94. The van der Waals surface area contributed by atoms with Gasteiger partial charge in [-0.1, -0.05) is 41.4 Å². The number of amides is 3. The molecule has 2 aromatic rings. The summed E-state index contributed by atoms with van der Waals surface area (Å²) in [5, 5.41) is 9.08. The maximum atomic E-state index is 12.3. The Labute approximate surface area is 166 Å². The average Bonchev–Trinajstić information content (AvgIpc) is 2.74. The fourth-order valence-corrected chi connectivity index (χ4v) is 3.28. The highest BCUT2D eigenvalue weighted by Crippen LogP contribution is 2.21. The van der Waals surface area contributed by atoms with Gasteiger partial charge in [0.05, 0.1) is 17.7 Å². The summed E-state index contributed by atoms with van der Waals surface area (Å²) in [6, 6.07) is 10.9. The van der Waals surface area contributed by atoms with E-state index in [1.54, 1.807) is 42.5 Å². The molecule has 0 fully saturated rings. The van der Waals surface area contributed by atoms with Crippen molar-refractivity contribution in [3.8, 4) is 0 Å². The van der Waals surface area contributed by atoms with Crippen LogP contribution < -0.4 is 16.0 Å². The summed E-state index contributed by atoms with van der Waals surface area (Å²) in [5.41, 5.74) is 1.66. The summed E-state index contributed by atoms with van der Waals surface area (Å²) >= 11 is 12.0. The van der Waals surface area contributed by atoms with Crippen LogP contribution in [0.3, 0.4) is 0 Å². The largest absolute Gasteiger partial charge is 0.356 e. The molecule has 0 radical (unpaired) electrons. The predicted octanol–water partition coefficient (Wildman–Crippen LogP) is 2.79. The van der Waals surface area contributed by atoms with Crippen molar-refractivity contribution >= 4 is 46.6 Å². The second kappa shape index (κ2) is 8.41. The number of halogens is 2. The molecule has 1 heterocycles. The van der Waals surface area contributed by atoms with Gasteiger partial charge in [0.1, 0.15) is 6.04 Å². The normalized spacial score (nSPS) is 16.0. The van der Waals surface area contributed by atoms with Gasteiger partial charge in [-0.15, -0.1) is 0 Å². The summed E-state index contributed by atoms with van der Waals surface area (Å²) in [6.07, 6.45) is 0.371. The Morgan fingerprint density at radius 2 is 1.89 bits per heavy atom. The van der Waals surface area contributed by atoms with Gasteiger partial charge < -0.3 is 16.0 Å². The third-order valence-corrected chi connectivity index (χ3v) is 4.76. The first-order valence-corrected chi connectivity index (χ1v) is 9.11. The Morgan fingerprint density at radius 1 is 1.11 bits per heavy atom. The van der Waals surface area contributed by atoms with Crippen molar-refractivity contribution < 1.29 is 14.4 Å². The number of fused-ring (bicyclic) bond motifs is 1. The summed E-state index contributed by atoms with van der Waals surface area (Å²) in [7, 11) is 0.